The van der Waals surface area contributed by atoms with Crippen LogP contribution in [-0.4, -0.2) is 31.1 Å². The predicted molar refractivity (Wildman–Crippen MR) is 104 cm³/mol. The van der Waals surface area contributed by atoms with Gasteiger partial charge in [0.15, 0.2) is 11.5 Å². The summed E-state index contributed by atoms with van der Waals surface area (Å²) in [4.78, 5) is 25.4. The highest BCUT2D eigenvalue weighted by Crippen LogP contribution is 2.33. The quantitative estimate of drug-likeness (QED) is 0.828. The number of hydrogen-bond acceptors (Lipinski definition) is 4. The number of hydrogen-bond donors (Lipinski definition) is 2. The lowest BCUT2D eigenvalue weighted by Crippen LogP contribution is -2.49. The zero-order chi connectivity index (χ0) is 19.4. The monoisotopic (exact) mass is 374 g/mol. The highest BCUT2D eigenvalue weighted by Gasteiger charge is 2.30. The van der Waals surface area contributed by atoms with E-state index in [1.807, 2.05) is 13.8 Å². The third kappa shape index (κ3) is 4.93. The molecular formula is C21H30N2O4. The van der Waals surface area contributed by atoms with Crippen molar-refractivity contribution in [1.29, 1.82) is 0 Å². The minimum atomic E-state index is -0.565. The van der Waals surface area contributed by atoms with Crippen LogP contribution in [0, 0.1) is 17.8 Å². The number of ether oxygens (including phenoxy) is 2. The summed E-state index contributed by atoms with van der Waals surface area (Å²) in [6.07, 6.45) is 3.96. The first-order chi connectivity index (χ1) is 12.9. The molecule has 1 atom stereocenters. The molecule has 148 valence electrons. The maximum absolute atomic E-state index is 12.8. The summed E-state index contributed by atoms with van der Waals surface area (Å²) in [7, 11) is 0. The van der Waals surface area contributed by atoms with E-state index >= 15 is 0 Å². The smallest absolute Gasteiger partial charge is 0.247 e. The molecule has 2 amide bonds. The molecule has 0 unspecified atom stereocenters. The molecule has 3 rings (SSSR count). The maximum Gasteiger partial charge on any atom is 0.247 e. The molecule has 1 aliphatic heterocycles. The summed E-state index contributed by atoms with van der Waals surface area (Å²) in [5.74, 6) is 1.80. The van der Waals surface area contributed by atoms with Crippen LogP contribution in [0.1, 0.15) is 46.5 Å². The molecule has 1 aliphatic carbocycles. The molecule has 0 aromatic heterocycles. The van der Waals surface area contributed by atoms with Crippen molar-refractivity contribution in [2.75, 3.05) is 18.5 Å². The molecule has 2 N–H and O–H groups in total. The van der Waals surface area contributed by atoms with Crippen molar-refractivity contribution in [3.63, 3.8) is 0 Å². The van der Waals surface area contributed by atoms with Gasteiger partial charge in [0.1, 0.15) is 19.3 Å². The zero-order valence-corrected chi connectivity index (χ0v) is 16.4. The molecule has 6 nitrogen and oxygen atoms in total. The van der Waals surface area contributed by atoms with Crippen LogP contribution in [0.4, 0.5) is 5.69 Å². The highest BCUT2D eigenvalue weighted by atomic mass is 16.6. The fraction of sp³-hybridized carbons (Fsp3) is 0.619. The average Bonchev–Trinajstić information content (AvgIpc) is 2.66. The Hall–Kier alpha value is -2.24. The maximum atomic E-state index is 12.8. The number of nitrogens with one attached hydrogen (secondary N) is 2. The van der Waals surface area contributed by atoms with E-state index in [1.54, 1.807) is 18.2 Å². The molecule has 1 heterocycles. The molecule has 1 aromatic rings. The molecule has 0 radical (unpaired) electrons. The SMILES string of the molecule is CC1CCC(C(=O)N[C@@H](C(=O)Nc2ccc3c(c2)OCCO3)C(C)C)CC1. The highest BCUT2D eigenvalue weighted by molar-refractivity contribution is 5.97. The summed E-state index contributed by atoms with van der Waals surface area (Å²) < 4.78 is 11.1. The van der Waals surface area contributed by atoms with Crippen LogP contribution in [0.5, 0.6) is 11.5 Å². The van der Waals surface area contributed by atoms with Gasteiger partial charge in [-0.1, -0.05) is 20.8 Å². The van der Waals surface area contributed by atoms with E-state index in [2.05, 4.69) is 17.6 Å². The van der Waals surface area contributed by atoms with E-state index in [0.717, 1.165) is 25.7 Å². The summed E-state index contributed by atoms with van der Waals surface area (Å²) in [5, 5.41) is 5.88. The molecule has 0 bridgehead atoms. The molecule has 1 saturated carbocycles. The summed E-state index contributed by atoms with van der Waals surface area (Å²) in [5.41, 5.74) is 0.635. The second kappa shape index (κ2) is 8.63. The molecule has 1 fully saturated rings. The van der Waals surface area contributed by atoms with Crippen LogP contribution in [0.25, 0.3) is 0 Å². The van der Waals surface area contributed by atoms with Gasteiger partial charge in [0.25, 0.3) is 0 Å². The number of anilines is 1. The number of rotatable bonds is 5. The van der Waals surface area contributed by atoms with Crippen LogP contribution in [0.15, 0.2) is 18.2 Å². The van der Waals surface area contributed by atoms with Gasteiger partial charge in [-0.3, -0.25) is 9.59 Å². The Kier molecular flexibility index (Phi) is 6.24. The van der Waals surface area contributed by atoms with Gasteiger partial charge in [0, 0.05) is 17.7 Å². The Bertz CT molecular complexity index is 681. The van der Waals surface area contributed by atoms with Gasteiger partial charge >= 0.3 is 0 Å². The minimum Gasteiger partial charge on any atom is -0.486 e. The van der Waals surface area contributed by atoms with E-state index in [9.17, 15) is 9.59 Å². The molecule has 6 heteroatoms. The van der Waals surface area contributed by atoms with Crippen LogP contribution >= 0.6 is 0 Å². The largest absolute Gasteiger partial charge is 0.486 e. The third-order valence-corrected chi connectivity index (χ3v) is 5.44. The van der Waals surface area contributed by atoms with Crippen molar-refractivity contribution >= 4 is 17.5 Å². The molecule has 0 spiro atoms. The predicted octanol–water partition coefficient (Wildman–Crippen LogP) is 3.36. The van der Waals surface area contributed by atoms with Gasteiger partial charge in [-0.05, 0) is 49.7 Å². The standard InChI is InChI=1S/C21H30N2O4/c1-13(2)19(23-20(24)15-6-4-14(3)5-7-15)21(25)22-16-8-9-17-18(12-16)27-11-10-26-17/h8-9,12-15,19H,4-7,10-11H2,1-3H3,(H,22,25)(H,23,24)/t14?,15?,19-/m1/s1. The third-order valence-electron chi connectivity index (χ3n) is 5.44. The molecule has 27 heavy (non-hydrogen) atoms. The van der Waals surface area contributed by atoms with Crippen LogP contribution < -0.4 is 20.1 Å². The fourth-order valence-electron chi connectivity index (χ4n) is 3.67. The van der Waals surface area contributed by atoms with E-state index < -0.39 is 6.04 Å². The average molecular weight is 374 g/mol. The Balaban J connectivity index is 1.62. The zero-order valence-electron chi connectivity index (χ0n) is 16.4. The Labute approximate surface area is 161 Å². The van der Waals surface area contributed by atoms with Gasteiger partial charge in [-0.25, -0.2) is 0 Å². The van der Waals surface area contributed by atoms with Crippen molar-refractivity contribution in [3.05, 3.63) is 18.2 Å². The second-order valence-corrected chi connectivity index (χ2v) is 8.03. The van der Waals surface area contributed by atoms with E-state index in [1.165, 1.54) is 0 Å². The Morgan fingerprint density at radius 3 is 2.37 bits per heavy atom. The van der Waals surface area contributed by atoms with Gasteiger partial charge in [0.2, 0.25) is 11.8 Å². The van der Waals surface area contributed by atoms with Crippen molar-refractivity contribution in [1.82, 2.24) is 5.32 Å². The summed E-state index contributed by atoms with van der Waals surface area (Å²) >= 11 is 0. The first-order valence-corrected chi connectivity index (χ1v) is 9.95. The van der Waals surface area contributed by atoms with Crippen molar-refractivity contribution in [3.8, 4) is 11.5 Å². The number of benzene rings is 1. The molecule has 0 saturated heterocycles. The fourth-order valence-corrected chi connectivity index (χ4v) is 3.67. The summed E-state index contributed by atoms with van der Waals surface area (Å²) in [6, 6.07) is 4.77. The normalized spacial score (nSPS) is 22.8. The lowest BCUT2D eigenvalue weighted by Gasteiger charge is -2.28. The van der Waals surface area contributed by atoms with Crippen LogP contribution in [-0.2, 0) is 9.59 Å². The number of carbonyl (C=O) groups is 2. The van der Waals surface area contributed by atoms with Crippen molar-refractivity contribution in [2.24, 2.45) is 17.8 Å². The second-order valence-electron chi connectivity index (χ2n) is 8.03. The molecular weight excluding hydrogens is 344 g/mol. The first-order valence-electron chi connectivity index (χ1n) is 9.95. The van der Waals surface area contributed by atoms with Gasteiger partial charge in [-0.2, -0.15) is 0 Å². The summed E-state index contributed by atoms with van der Waals surface area (Å²) in [6.45, 7) is 7.13. The van der Waals surface area contributed by atoms with Crippen LogP contribution in [0.2, 0.25) is 0 Å². The van der Waals surface area contributed by atoms with Crippen molar-refractivity contribution < 1.29 is 19.1 Å². The van der Waals surface area contributed by atoms with E-state index in [0.29, 0.717) is 36.3 Å². The van der Waals surface area contributed by atoms with Gasteiger partial charge in [0.05, 0.1) is 0 Å². The van der Waals surface area contributed by atoms with Gasteiger partial charge in [-0.15, -0.1) is 0 Å². The first kappa shape index (κ1) is 19.5. The van der Waals surface area contributed by atoms with Crippen molar-refractivity contribution in [2.45, 2.75) is 52.5 Å². The Morgan fingerprint density at radius 1 is 1.04 bits per heavy atom. The van der Waals surface area contributed by atoms with E-state index in [4.69, 9.17) is 9.47 Å². The molecule has 1 aromatic carbocycles. The number of fused-ring (bicyclic) bond motifs is 1. The Morgan fingerprint density at radius 2 is 1.70 bits per heavy atom. The lowest BCUT2D eigenvalue weighted by molar-refractivity contribution is -0.131. The van der Waals surface area contributed by atoms with Gasteiger partial charge < -0.3 is 20.1 Å². The number of carbonyl (C=O) groups excluding carboxylic acids is 2. The number of amides is 2. The topological polar surface area (TPSA) is 76.7 Å². The lowest BCUT2D eigenvalue weighted by atomic mass is 9.82. The molecule has 2 aliphatic rings. The van der Waals surface area contributed by atoms with E-state index in [-0.39, 0.29) is 23.7 Å². The van der Waals surface area contributed by atoms with Crippen LogP contribution in [0.3, 0.4) is 0 Å². The minimum absolute atomic E-state index is 0.00192.